The molecular weight excluding hydrogens is 252 g/mol. The summed E-state index contributed by atoms with van der Waals surface area (Å²) in [5, 5.41) is 8.79. The Morgan fingerprint density at radius 3 is 2.70 bits per heavy atom. The van der Waals surface area contributed by atoms with Gasteiger partial charge in [0.25, 0.3) is 0 Å². The molecule has 1 aliphatic rings. The number of hydrogen-bond acceptors (Lipinski definition) is 3. The molecule has 118 valence electrons. The second-order valence-electron chi connectivity index (χ2n) is 6.26. The molecule has 0 bridgehead atoms. The van der Waals surface area contributed by atoms with Gasteiger partial charge in [-0.25, -0.2) is 0 Å². The van der Waals surface area contributed by atoms with Crippen LogP contribution in [-0.4, -0.2) is 59.1 Å². The minimum Gasteiger partial charge on any atom is -0.481 e. The van der Waals surface area contributed by atoms with E-state index in [4.69, 9.17) is 5.11 Å². The quantitative estimate of drug-likeness (QED) is 0.744. The Kier molecular flexibility index (Phi) is 8.15. The number of nitrogens with zero attached hydrogens (tertiary/aromatic N) is 2. The minimum atomic E-state index is -0.677. The van der Waals surface area contributed by atoms with Gasteiger partial charge in [-0.15, -0.1) is 0 Å². The van der Waals surface area contributed by atoms with Gasteiger partial charge in [-0.1, -0.05) is 6.92 Å². The molecule has 0 aromatic rings. The first-order valence-electron chi connectivity index (χ1n) is 8.24. The highest BCUT2D eigenvalue weighted by Crippen LogP contribution is 2.20. The Labute approximate surface area is 124 Å². The summed E-state index contributed by atoms with van der Waals surface area (Å²) in [6.07, 6.45) is 6.04. The zero-order chi connectivity index (χ0) is 15.0. The maximum absolute atomic E-state index is 10.7. The van der Waals surface area contributed by atoms with E-state index in [1.807, 2.05) is 0 Å². The molecule has 0 aliphatic carbocycles. The van der Waals surface area contributed by atoms with Crippen LogP contribution in [0.3, 0.4) is 0 Å². The predicted molar refractivity (Wildman–Crippen MR) is 83.1 cm³/mol. The van der Waals surface area contributed by atoms with Gasteiger partial charge >= 0.3 is 5.97 Å². The number of carboxylic acid groups (broad SMARTS) is 1. The van der Waals surface area contributed by atoms with E-state index < -0.39 is 5.97 Å². The highest BCUT2D eigenvalue weighted by molar-refractivity contribution is 5.66. The average Bonchev–Trinajstić information content (AvgIpc) is 2.60. The summed E-state index contributed by atoms with van der Waals surface area (Å²) in [6, 6.07) is 1.14. The highest BCUT2D eigenvalue weighted by Gasteiger charge is 2.24. The van der Waals surface area contributed by atoms with Gasteiger partial charge in [0, 0.05) is 18.5 Å². The Hall–Kier alpha value is -0.610. The Balaban J connectivity index is 2.47. The molecule has 1 heterocycles. The molecule has 1 unspecified atom stereocenters. The standard InChI is InChI=1S/C16H32N2O2/c1-4-10-17-11-5-7-15(9-13-17)18(14(2)3)12-6-8-16(19)20/h14-15H,4-13H2,1-3H3,(H,19,20). The lowest BCUT2D eigenvalue weighted by Gasteiger charge is -2.34. The van der Waals surface area contributed by atoms with Crippen LogP contribution in [0.1, 0.15) is 59.3 Å². The Bertz CT molecular complexity index is 282. The summed E-state index contributed by atoms with van der Waals surface area (Å²) in [5.41, 5.74) is 0. The van der Waals surface area contributed by atoms with Crippen LogP contribution in [0.2, 0.25) is 0 Å². The summed E-state index contributed by atoms with van der Waals surface area (Å²) in [4.78, 5) is 15.8. The van der Waals surface area contributed by atoms with E-state index in [0.29, 0.717) is 12.1 Å². The fourth-order valence-corrected chi connectivity index (χ4v) is 3.29. The van der Waals surface area contributed by atoms with E-state index in [1.54, 1.807) is 0 Å². The van der Waals surface area contributed by atoms with Crippen molar-refractivity contribution in [3.05, 3.63) is 0 Å². The van der Waals surface area contributed by atoms with Crippen LogP contribution in [0.4, 0.5) is 0 Å². The van der Waals surface area contributed by atoms with E-state index in [9.17, 15) is 4.79 Å². The molecule has 0 aromatic heterocycles. The van der Waals surface area contributed by atoms with Crippen molar-refractivity contribution < 1.29 is 9.90 Å². The maximum atomic E-state index is 10.7. The topological polar surface area (TPSA) is 43.8 Å². The summed E-state index contributed by atoms with van der Waals surface area (Å²) in [6.45, 7) is 11.3. The predicted octanol–water partition coefficient (Wildman–Crippen LogP) is 2.83. The summed E-state index contributed by atoms with van der Waals surface area (Å²) in [5.74, 6) is -0.677. The largest absolute Gasteiger partial charge is 0.481 e. The fraction of sp³-hybridized carbons (Fsp3) is 0.938. The molecule has 20 heavy (non-hydrogen) atoms. The van der Waals surface area contributed by atoms with Gasteiger partial charge in [0.15, 0.2) is 0 Å². The van der Waals surface area contributed by atoms with Crippen LogP contribution in [0, 0.1) is 0 Å². The van der Waals surface area contributed by atoms with Gasteiger partial charge in [-0.05, 0) is 72.1 Å². The normalized spacial score (nSPS) is 21.4. The molecule has 0 aromatic carbocycles. The van der Waals surface area contributed by atoms with Crippen LogP contribution in [0.5, 0.6) is 0 Å². The number of likely N-dealkylation sites (tertiary alicyclic amines) is 1. The van der Waals surface area contributed by atoms with E-state index in [-0.39, 0.29) is 6.42 Å². The molecule has 1 atom stereocenters. The third kappa shape index (κ3) is 6.23. The van der Waals surface area contributed by atoms with Gasteiger partial charge in [0.05, 0.1) is 0 Å². The molecule has 1 aliphatic heterocycles. The van der Waals surface area contributed by atoms with Crippen LogP contribution >= 0.6 is 0 Å². The van der Waals surface area contributed by atoms with E-state index in [1.165, 1.54) is 45.3 Å². The van der Waals surface area contributed by atoms with Gasteiger partial charge in [0.1, 0.15) is 0 Å². The van der Waals surface area contributed by atoms with Crippen molar-refractivity contribution in [2.45, 2.75) is 71.4 Å². The number of carbonyl (C=O) groups is 1. The molecule has 0 saturated carbocycles. The van der Waals surface area contributed by atoms with Crippen molar-refractivity contribution in [2.75, 3.05) is 26.2 Å². The van der Waals surface area contributed by atoms with E-state index >= 15 is 0 Å². The molecule has 4 nitrogen and oxygen atoms in total. The van der Waals surface area contributed by atoms with E-state index in [2.05, 4.69) is 30.6 Å². The molecule has 1 fully saturated rings. The molecule has 1 saturated heterocycles. The number of aliphatic carboxylic acids is 1. The summed E-state index contributed by atoms with van der Waals surface area (Å²) in [7, 11) is 0. The van der Waals surface area contributed by atoms with Gasteiger partial charge in [-0.2, -0.15) is 0 Å². The SMILES string of the molecule is CCCN1CCCC(N(CCCC(=O)O)C(C)C)CC1. The maximum Gasteiger partial charge on any atom is 0.303 e. The number of carboxylic acids is 1. The van der Waals surface area contributed by atoms with Gasteiger partial charge in [-0.3, -0.25) is 9.69 Å². The first-order valence-corrected chi connectivity index (χ1v) is 8.24. The van der Waals surface area contributed by atoms with E-state index in [0.717, 1.165) is 13.0 Å². The van der Waals surface area contributed by atoms with Crippen LogP contribution in [0.25, 0.3) is 0 Å². The van der Waals surface area contributed by atoms with Crippen molar-refractivity contribution in [2.24, 2.45) is 0 Å². The summed E-state index contributed by atoms with van der Waals surface area (Å²) >= 11 is 0. The first-order chi connectivity index (χ1) is 9.54. The third-order valence-electron chi connectivity index (χ3n) is 4.27. The Morgan fingerprint density at radius 2 is 2.10 bits per heavy atom. The monoisotopic (exact) mass is 284 g/mol. The number of rotatable bonds is 8. The molecule has 1 rings (SSSR count). The Morgan fingerprint density at radius 1 is 1.35 bits per heavy atom. The molecular formula is C16H32N2O2. The fourth-order valence-electron chi connectivity index (χ4n) is 3.29. The minimum absolute atomic E-state index is 0.290. The van der Waals surface area contributed by atoms with Crippen molar-refractivity contribution in [3.8, 4) is 0 Å². The highest BCUT2D eigenvalue weighted by atomic mass is 16.4. The van der Waals surface area contributed by atoms with Gasteiger partial charge < -0.3 is 10.0 Å². The van der Waals surface area contributed by atoms with Crippen molar-refractivity contribution in [3.63, 3.8) is 0 Å². The van der Waals surface area contributed by atoms with Crippen LogP contribution < -0.4 is 0 Å². The molecule has 0 amide bonds. The lowest BCUT2D eigenvalue weighted by atomic mass is 10.0. The first kappa shape index (κ1) is 17.4. The zero-order valence-electron chi connectivity index (χ0n) is 13.5. The molecule has 0 spiro atoms. The zero-order valence-corrected chi connectivity index (χ0v) is 13.5. The summed E-state index contributed by atoms with van der Waals surface area (Å²) < 4.78 is 0. The molecule has 4 heteroatoms. The molecule has 1 N–H and O–H groups in total. The second-order valence-corrected chi connectivity index (χ2v) is 6.26. The van der Waals surface area contributed by atoms with Crippen molar-refractivity contribution in [1.82, 2.24) is 9.80 Å². The van der Waals surface area contributed by atoms with Crippen molar-refractivity contribution >= 4 is 5.97 Å². The molecule has 0 radical (unpaired) electrons. The van der Waals surface area contributed by atoms with Crippen molar-refractivity contribution in [1.29, 1.82) is 0 Å². The third-order valence-corrected chi connectivity index (χ3v) is 4.27. The van der Waals surface area contributed by atoms with Crippen LogP contribution in [0.15, 0.2) is 0 Å². The second kappa shape index (κ2) is 9.35. The van der Waals surface area contributed by atoms with Gasteiger partial charge in [0.2, 0.25) is 0 Å². The lowest BCUT2D eigenvalue weighted by Crippen LogP contribution is -2.41. The average molecular weight is 284 g/mol. The lowest BCUT2D eigenvalue weighted by molar-refractivity contribution is -0.137. The van der Waals surface area contributed by atoms with Crippen LogP contribution in [-0.2, 0) is 4.79 Å². The smallest absolute Gasteiger partial charge is 0.303 e. The number of hydrogen-bond donors (Lipinski definition) is 1.